The van der Waals surface area contributed by atoms with Gasteiger partial charge in [-0.2, -0.15) is 0 Å². The lowest BCUT2D eigenvalue weighted by molar-refractivity contribution is 0.248. The zero-order valence-electron chi connectivity index (χ0n) is 15.2. The van der Waals surface area contributed by atoms with Crippen LogP contribution in [0.5, 0.6) is 0 Å². The number of hydrogen-bond donors (Lipinski definition) is 3. The van der Waals surface area contributed by atoms with E-state index in [0.29, 0.717) is 36.5 Å². The van der Waals surface area contributed by atoms with Crippen molar-refractivity contribution in [3.8, 4) is 0 Å². The van der Waals surface area contributed by atoms with Crippen LogP contribution in [0.25, 0.3) is 0 Å². The van der Waals surface area contributed by atoms with Gasteiger partial charge in [0.2, 0.25) is 0 Å². The molecule has 2 rings (SSSR count). The van der Waals surface area contributed by atoms with Crippen LogP contribution in [-0.2, 0) is 0 Å². The predicted molar refractivity (Wildman–Crippen MR) is 95.0 cm³/mol. The second-order valence-electron chi connectivity index (χ2n) is 7.33. The van der Waals surface area contributed by atoms with E-state index in [2.05, 4.69) is 50.4 Å². The van der Waals surface area contributed by atoms with Crippen molar-refractivity contribution in [1.29, 1.82) is 0 Å². The fraction of sp³-hybridized carbons (Fsp3) is 0.889. The molecule has 128 valence electrons. The molecule has 4 heteroatoms. The summed E-state index contributed by atoms with van der Waals surface area (Å²) in [5, 5.41) is 7.30. The van der Waals surface area contributed by atoms with Crippen molar-refractivity contribution in [2.24, 2.45) is 17.6 Å². The van der Waals surface area contributed by atoms with Crippen molar-refractivity contribution in [2.45, 2.75) is 58.2 Å². The maximum absolute atomic E-state index is 6.15. The van der Waals surface area contributed by atoms with Crippen molar-refractivity contribution in [3.05, 3.63) is 11.1 Å². The molecule has 22 heavy (non-hydrogen) atoms. The quantitative estimate of drug-likeness (QED) is 0.675. The molecule has 0 bridgehead atoms. The molecule has 4 atom stereocenters. The monoisotopic (exact) mass is 308 g/mol. The number of hydrogen-bond acceptors (Lipinski definition) is 4. The van der Waals surface area contributed by atoms with E-state index in [4.69, 9.17) is 5.73 Å². The van der Waals surface area contributed by atoms with Crippen LogP contribution in [0.15, 0.2) is 11.1 Å². The topological polar surface area (TPSA) is 53.3 Å². The summed E-state index contributed by atoms with van der Waals surface area (Å²) in [5.74, 6) is 1.27. The lowest BCUT2D eigenvalue weighted by Gasteiger charge is -2.38. The highest BCUT2D eigenvalue weighted by atomic mass is 15.2. The Bertz CT molecular complexity index is 391. The van der Waals surface area contributed by atoms with Gasteiger partial charge in [0.1, 0.15) is 0 Å². The molecule has 0 aromatic carbocycles. The molecule has 0 radical (unpaired) electrons. The average Bonchev–Trinajstić information content (AvgIpc) is 2.87. The Hall–Kier alpha value is -0.420. The Morgan fingerprint density at radius 2 is 2.14 bits per heavy atom. The Morgan fingerprint density at radius 1 is 1.41 bits per heavy atom. The Balaban J connectivity index is 2.42. The van der Waals surface area contributed by atoms with Crippen LogP contribution in [0, 0.1) is 11.8 Å². The maximum atomic E-state index is 6.15. The third-order valence-corrected chi connectivity index (χ3v) is 5.77. The van der Waals surface area contributed by atoms with Crippen molar-refractivity contribution in [2.75, 3.05) is 33.7 Å². The first-order chi connectivity index (χ1) is 10.5. The Labute approximate surface area is 136 Å². The van der Waals surface area contributed by atoms with Crippen LogP contribution in [0.4, 0.5) is 0 Å². The average molecular weight is 309 g/mol. The summed E-state index contributed by atoms with van der Waals surface area (Å²) < 4.78 is 0. The number of rotatable bonds is 5. The zero-order valence-corrected chi connectivity index (χ0v) is 15.2. The van der Waals surface area contributed by atoms with Gasteiger partial charge >= 0.3 is 0 Å². The largest absolute Gasteiger partial charge is 0.329 e. The summed E-state index contributed by atoms with van der Waals surface area (Å²) in [7, 11) is 4.38. The van der Waals surface area contributed by atoms with E-state index in [1.807, 2.05) is 0 Å². The molecule has 0 saturated carbocycles. The number of nitrogens with two attached hydrogens (primary N) is 1. The lowest BCUT2D eigenvalue weighted by Crippen LogP contribution is -2.50. The summed E-state index contributed by atoms with van der Waals surface area (Å²) in [5.41, 5.74) is 9.46. The third kappa shape index (κ3) is 3.40. The van der Waals surface area contributed by atoms with E-state index in [9.17, 15) is 0 Å². The van der Waals surface area contributed by atoms with Gasteiger partial charge in [0, 0.05) is 37.8 Å². The van der Waals surface area contributed by atoms with Crippen LogP contribution in [-0.4, -0.2) is 56.8 Å². The summed E-state index contributed by atoms with van der Waals surface area (Å²) in [6, 6.07) is 1.51. The number of likely N-dealkylation sites (N-methyl/N-ethyl adjacent to an activating group) is 1. The van der Waals surface area contributed by atoms with Gasteiger partial charge in [0.05, 0.1) is 0 Å². The SMILES string of the molecule is CCC1C2=C(C(CN)NCCN1C)C(C(NC)C(C)C)CC2. The highest BCUT2D eigenvalue weighted by molar-refractivity contribution is 5.34. The molecule has 0 aromatic rings. The Kier molecular flexibility index (Phi) is 6.45. The highest BCUT2D eigenvalue weighted by Gasteiger charge is 2.39. The van der Waals surface area contributed by atoms with Crippen molar-refractivity contribution in [1.82, 2.24) is 15.5 Å². The van der Waals surface area contributed by atoms with E-state index < -0.39 is 0 Å². The molecule has 0 aromatic heterocycles. The second kappa shape index (κ2) is 7.91. The molecule has 0 spiro atoms. The van der Waals surface area contributed by atoms with Gasteiger partial charge in [-0.05, 0) is 50.8 Å². The molecule has 1 heterocycles. The number of nitrogens with zero attached hydrogens (tertiary/aromatic N) is 1. The van der Waals surface area contributed by atoms with Gasteiger partial charge in [0.15, 0.2) is 0 Å². The van der Waals surface area contributed by atoms with Crippen LogP contribution in [0.1, 0.15) is 40.0 Å². The smallest absolute Gasteiger partial charge is 0.0410 e. The van der Waals surface area contributed by atoms with Gasteiger partial charge in [-0.15, -0.1) is 0 Å². The van der Waals surface area contributed by atoms with Crippen molar-refractivity contribution < 1.29 is 0 Å². The highest BCUT2D eigenvalue weighted by Crippen LogP contribution is 2.41. The minimum Gasteiger partial charge on any atom is -0.329 e. The van der Waals surface area contributed by atoms with Crippen molar-refractivity contribution >= 4 is 0 Å². The molecule has 1 aliphatic carbocycles. The summed E-state index contributed by atoms with van der Waals surface area (Å²) >= 11 is 0. The van der Waals surface area contributed by atoms with Gasteiger partial charge in [-0.1, -0.05) is 26.3 Å². The van der Waals surface area contributed by atoms with Crippen LogP contribution >= 0.6 is 0 Å². The normalized spacial score (nSPS) is 32.0. The maximum Gasteiger partial charge on any atom is 0.0410 e. The molecular formula is C18H36N4. The predicted octanol–water partition coefficient (Wildman–Crippen LogP) is 1.58. The molecule has 0 saturated heterocycles. The van der Waals surface area contributed by atoms with Crippen LogP contribution in [0.3, 0.4) is 0 Å². The molecule has 4 unspecified atom stereocenters. The third-order valence-electron chi connectivity index (χ3n) is 5.77. The van der Waals surface area contributed by atoms with Gasteiger partial charge in [0.25, 0.3) is 0 Å². The van der Waals surface area contributed by atoms with E-state index in [1.54, 1.807) is 11.1 Å². The molecule has 0 fully saturated rings. The standard InChI is InChI=1S/C18H36N4/c1-6-16-13-7-8-14(18(20-4)12(2)3)17(13)15(11-19)21-9-10-22(16)5/h12,14-16,18,20-21H,6-11,19H2,1-5H3. The summed E-state index contributed by atoms with van der Waals surface area (Å²) in [4.78, 5) is 2.53. The van der Waals surface area contributed by atoms with Gasteiger partial charge in [-0.3, -0.25) is 4.90 Å². The lowest BCUT2D eigenvalue weighted by atomic mass is 9.81. The summed E-state index contributed by atoms with van der Waals surface area (Å²) in [6.45, 7) is 9.84. The molecule has 4 N–H and O–H groups in total. The molecule has 2 aliphatic rings. The van der Waals surface area contributed by atoms with Crippen LogP contribution < -0.4 is 16.4 Å². The molecule has 1 aliphatic heterocycles. The minimum atomic E-state index is 0.361. The minimum absolute atomic E-state index is 0.361. The zero-order chi connectivity index (χ0) is 16.3. The van der Waals surface area contributed by atoms with Crippen LogP contribution in [0.2, 0.25) is 0 Å². The first-order valence-electron chi connectivity index (χ1n) is 9.08. The molecule has 0 amide bonds. The van der Waals surface area contributed by atoms with Gasteiger partial charge in [-0.25, -0.2) is 0 Å². The van der Waals surface area contributed by atoms with Crippen molar-refractivity contribution in [3.63, 3.8) is 0 Å². The fourth-order valence-corrected chi connectivity index (χ4v) is 4.78. The second-order valence-corrected chi connectivity index (χ2v) is 7.33. The Morgan fingerprint density at radius 3 is 2.68 bits per heavy atom. The van der Waals surface area contributed by atoms with E-state index >= 15 is 0 Å². The molecular weight excluding hydrogens is 272 g/mol. The number of nitrogens with one attached hydrogen (secondary N) is 2. The van der Waals surface area contributed by atoms with Gasteiger partial charge < -0.3 is 16.4 Å². The first kappa shape index (κ1) is 17.9. The van der Waals surface area contributed by atoms with E-state index in [0.717, 1.165) is 13.1 Å². The van der Waals surface area contributed by atoms with E-state index in [1.165, 1.54) is 19.3 Å². The fourth-order valence-electron chi connectivity index (χ4n) is 4.78. The first-order valence-corrected chi connectivity index (χ1v) is 9.08. The summed E-state index contributed by atoms with van der Waals surface area (Å²) in [6.07, 6.45) is 3.72. The van der Waals surface area contributed by atoms with E-state index in [-0.39, 0.29) is 0 Å². The molecule has 4 nitrogen and oxygen atoms in total.